The van der Waals surface area contributed by atoms with Crippen molar-refractivity contribution in [2.45, 2.75) is 0 Å². The molecule has 1 aromatic rings. The predicted octanol–water partition coefficient (Wildman–Crippen LogP) is -0.702. The smallest absolute Gasteiger partial charge is 0.298 e. The van der Waals surface area contributed by atoms with Gasteiger partial charge in [0.25, 0.3) is 5.56 Å². The third-order valence-electron chi connectivity index (χ3n) is 1.54. The molecule has 0 fully saturated rings. The van der Waals surface area contributed by atoms with Crippen molar-refractivity contribution in [3.05, 3.63) is 16.7 Å². The van der Waals surface area contributed by atoms with Gasteiger partial charge in [-0.2, -0.15) is 10.2 Å². The van der Waals surface area contributed by atoms with Crippen LogP contribution in [0.3, 0.4) is 0 Å². The molecule has 13 heavy (non-hydrogen) atoms. The van der Waals surface area contributed by atoms with Crippen molar-refractivity contribution >= 4 is 11.5 Å². The molecule has 0 amide bonds. The van der Waals surface area contributed by atoms with Gasteiger partial charge in [0, 0.05) is 7.05 Å². The van der Waals surface area contributed by atoms with Crippen molar-refractivity contribution in [1.82, 2.24) is 9.55 Å². The van der Waals surface area contributed by atoms with E-state index >= 15 is 0 Å². The van der Waals surface area contributed by atoms with E-state index in [1.807, 2.05) is 6.07 Å². The van der Waals surface area contributed by atoms with Crippen molar-refractivity contribution in [3.63, 3.8) is 0 Å². The van der Waals surface area contributed by atoms with E-state index in [2.05, 4.69) is 10.3 Å². The van der Waals surface area contributed by atoms with E-state index in [1.165, 1.54) is 10.9 Å². The minimum Gasteiger partial charge on any atom is -0.383 e. The lowest BCUT2D eigenvalue weighted by atomic mass is 10.4. The van der Waals surface area contributed by atoms with Crippen molar-refractivity contribution in [2.75, 3.05) is 17.6 Å². The first-order valence-electron chi connectivity index (χ1n) is 3.58. The van der Waals surface area contributed by atoms with Crippen LogP contribution in [0.4, 0.5) is 11.5 Å². The molecule has 1 aromatic heterocycles. The summed E-state index contributed by atoms with van der Waals surface area (Å²) in [4.78, 5) is 14.7. The summed E-state index contributed by atoms with van der Waals surface area (Å²) in [5, 5.41) is 10.9. The van der Waals surface area contributed by atoms with Crippen LogP contribution in [-0.2, 0) is 7.05 Å². The lowest BCUT2D eigenvalue weighted by Crippen LogP contribution is -2.20. The summed E-state index contributed by atoms with van der Waals surface area (Å²) in [5.74, 6) is 0.273. The first kappa shape index (κ1) is 9.06. The van der Waals surface area contributed by atoms with Gasteiger partial charge in [0.2, 0.25) is 0 Å². The van der Waals surface area contributed by atoms with Gasteiger partial charge in [-0.3, -0.25) is 4.79 Å². The number of aromatic nitrogens is 2. The number of aryl methyl sites for hydroxylation is 1. The minimum atomic E-state index is -0.453. The van der Waals surface area contributed by atoms with Crippen LogP contribution >= 0.6 is 0 Å². The third kappa shape index (κ3) is 1.76. The molecule has 0 bridgehead atoms. The molecule has 0 atom stereocenters. The van der Waals surface area contributed by atoms with Crippen LogP contribution < -0.4 is 16.6 Å². The summed E-state index contributed by atoms with van der Waals surface area (Å²) in [5.41, 5.74) is 5.30. The van der Waals surface area contributed by atoms with Crippen LogP contribution in [0.25, 0.3) is 0 Å². The SMILES string of the molecule is Cn1cnc(=O)c(NCC#N)c1N. The Morgan fingerprint density at radius 3 is 3.15 bits per heavy atom. The van der Waals surface area contributed by atoms with E-state index in [4.69, 9.17) is 11.0 Å². The van der Waals surface area contributed by atoms with E-state index in [0.717, 1.165) is 0 Å². The quantitative estimate of drug-likeness (QED) is 0.585. The first-order valence-corrected chi connectivity index (χ1v) is 3.58. The highest BCUT2D eigenvalue weighted by atomic mass is 16.1. The fourth-order valence-corrected chi connectivity index (χ4v) is 0.846. The number of nitrogens with zero attached hydrogens (tertiary/aromatic N) is 3. The average molecular weight is 179 g/mol. The number of nitriles is 1. The van der Waals surface area contributed by atoms with Crippen LogP contribution in [-0.4, -0.2) is 16.1 Å². The van der Waals surface area contributed by atoms with Gasteiger partial charge in [-0.1, -0.05) is 0 Å². The highest BCUT2D eigenvalue weighted by Gasteiger charge is 2.05. The highest BCUT2D eigenvalue weighted by Crippen LogP contribution is 2.08. The van der Waals surface area contributed by atoms with E-state index in [9.17, 15) is 4.79 Å². The largest absolute Gasteiger partial charge is 0.383 e. The zero-order valence-electron chi connectivity index (χ0n) is 7.11. The predicted molar refractivity (Wildman–Crippen MR) is 48.0 cm³/mol. The standard InChI is InChI=1S/C7H9N5O/c1-12-4-11-7(13)5(6(12)9)10-3-2-8/h4,10H,3,9H2,1H3. The van der Waals surface area contributed by atoms with Crippen molar-refractivity contribution in [3.8, 4) is 6.07 Å². The van der Waals surface area contributed by atoms with Crippen LogP contribution in [0.1, 0.15) is 0 Å². The molecule has 1 heterocycles. The molecule has 0 aliphatic rings. The number of anilines is 2. The zero-order valence-corrected chi connectivity index (χ0v) is 7.11. The number of nitrogen functional groups attached to an aromatic ring is 1. The summed E-state index contributed by atoms with van der Waals surface area (Å²) in [6.07, 6.45) is 1.33. The highest BCUT2D eigenvalue weighted by molar-refractivity contribution is 5.60. The van der Waals surface area contributed by atoms with E-state index in [1.54, 1.807) is 7.05 Å². The van der Waals surface area contributed by atoms with Gasteiger partial charge in [-0.25, -0.2) is 0 Å². The maximum Gasteiger partial charge on any atom is 0.298 e. The lowest BCUT2D eigenvalue weighted by Gasteiger charge is -2.07. The monoisotopic (exact) mass is 179 g/mol. The van der Waals surface area contributed by atoms with Crippen molar-refractivity contribution in [2.24, 2.45) is 7.05 Å². The Bertz CT molecular complexity index is 402. The molecule has 0 unspecified atom stereocenters. The maximum absolute atomic E-state index is 11.1. The van der Waals surface area contributed by atoms with Gasteiger partial charge in [-0.15, -0.1) is 0 Å². The fourth-order valence-electron chi connectivity index (χ4n) is 0.846. The number of nitrogens with two attached hydrogens (primary N) is 1. The third-order valence-corrected chi connectivity index (χ3v) is 1.54. The number of hydrogen-bond donors (Lipinski definition) is 2. The molecule has 0 radical (unpaired) electrons. The van der Waals surface area contributed by atoms with Crippen LogP contribution in [0.2, 0.25) is 0 Å². The lowest BCUT2D eigenvalue weighted by molar-refractivity contribution is 0.868. The summed E-state index contributed by atoms with van der Waals surface area (Å²) < 4.78 is 1.50. The normalized spacial score (nSPS) is 9.23. The summed E-state index contributed by atoms with van der Waals surface area (Å²) >= 11 is 0. The van der Waals surface area contributed by atoms with Crippen LogP contribution in [0, 0.1) is 11.3 Å². The fraction of sp³-hybridized carbons (Fsp3) is 0.286. The Morgan fingerprint density at radius 2 is 2.54 bits per heavy atom. The van der Waals surface area contributed by atoms with Gasteiger partial charge >= 0.3 is 0 Å². The van der Waals surface area contributed by atoms with E-state index in [0.29, 0.717) is 0 Å². The van der Waals surface area contributed by atoms with E-state index in [-0.39, 0.29) is 18.1 Å². The summed E-state index contributed by atoms with van der Waals surface area (Å²) in [6, 6.07) is 1.85. The molecule has 68 valence electrons. The maximum atomic E-state index is 11.1. The minimum absolute atomic E-state index is 0.0329. The second-order valence-corrected chi connectivity index (χ2v) is 2.43. The van der Waals surface area contributed by atoms with Gasteiger partial charge < -0.3 is 15.6 Å². The van der Waals surface area contributed by atoms with Crippen molar-refractivity contribution < 1.29 is 0 Å². The van der Waals surface area contributed by atoms with Gasteiger partial charge in [0.1, 0.15) is 24.4 Å². The van der Waals surface area contributed by atoms with Gasteiger partial charge in [0.05, 0.1) is 6.07 Å². The molecule has 0 spiro atoms. The second-order valence-electron chi connectivity index (χ2n) is 2.43. The molecule has 3 N–H and O–H groups in total. The molecule has 0 saturated heterocycles. The molecular formula is C7H9N5O. The second kappa shape index (κ2) is 3.58. The van der Waals surface area contributed by atoms with Gasteiger partial charge in [-0.05, 0) is 0 Å². The molecule has 6 heteroatoms. The molecule has 6 nitrogen and oxygen atoms in total. The number of hydrogen-bond acceptors (Lipinski definition) is 5. The topological polar surface area (TPSA) is 96.7 Å². The number of nitrogens with one attached hydrogen (secondary N) is 1. The Balaban J connectivity index is 3.12. The Labute approximate surface area is 74.6 Å². The molecule has 0 aliphatic heterocycles. The molecule has 1 rings (SSSR count). The summed E-state index contributed by atoms with van der Waals surface area (Å²) in [7, 11) is 1.67. The Hall–Kier alpha value is -2.03. The summed E-state index contributed by atoms with van der Waals surface area (Å²) in [6.45, 7) is 0.0329. The van der Waals surface area contributed by atoms with Gasteiger partial charge in [0.15, 0.2) is 0 Å². The molecule has 0 saturated carbocycles. The number of rotatable bonds is 2. The van der Waals surface area contributed by atoms with Crippen LogP contribution in [0.5, 0.6) is 0 Å². The molecule has 0 aliphatic carbocycles. The Morgan fingerprint density at radius 1 is 1.85 bits per heavy atom. The average Bonchev–Trinajstić information content (AvgIpc) is 2.12. The molecule has 0 aromatic carbocycles. The van der Waals surface area contributed by atoms with Crippen molar-refractivity contribution in [1.29, 1.82) is 5.26 Å². The molecular weight excluding hydrogens is 170 g/mol. The zero-order chi connectivity index (χ0) is 9.84. The Kier molecular flexibility index (Phi) is 2.50. The van der Waals surface area contributed by atoms with E-state index < -0.39 is 5.56 Å². The van der Waals surface area contributed by atoms with Crippen LogP contribution in [0.15, 0.2) is 11.1 Å². The first-order chi connectivity index (χ1) is 6.16.